The second-order valence-corrected chi connectivity index (χ2v) is 9.74. The first-order chi connectivity index (χ1) is 19.4. The lowest BCUT2D eigenvalue weighted by Gasteiger charge is -2.32. The minimum atomic E-state index is -0.711. The van der Waals surface area contributed by atoms with E-state index in [0.717, 1.165) is 0 Å². The Balaban J connectivity index is 1.57. The van der Waals surface area contributed by atoms with Crippen LogP contribution in [0.4, 0.5) is 17.1 Å². The number of anilines is 2. The number of hydrogen-bond acceptors (Lipinski definition) is 8. The van der Waals surface area contributed by atoms with Gasteiger partial charge in [0.25, 0.3) is 0 Å². The van der Waals surface area contributed by atoms with Gasteiger partial charge in [-0.05, 0) is 93.6 Å². The lowest BCUT2D eigenvalue weighted by Crippen LogP contribution is -2.45. The first-order valence-corrected chi connectivity index (χ1v) is 13.9. The molecule has 0 aliphatic carbocycles. The van der Waals surface area contributed by atoms with Crippen molar-refractivity contribution in [3.63, 3.8) is 0 Å². The quantitative estimate of drug-likeness (QED) is 0.311. The fraction of sp³-hybridized carbons (Fsp3) is 0.267. The van der Waals surface area contributed by atoms with Crippen molar-refractivity contribution in [1.82, 2.24) is 0 Å². The van der Waals surface area contributed by atoms with Gasteiger partial charge < -0.3 is 19.5 Å². The van der Waals surface area contributed by atoms with Crippen LogP contribution in [0, 0.1) is 0 Å². The zero-order chi connectivity index (χ0) is 28.5. The number of carbonyl (C=O) groups is 3. The smallest absolute Gasteiger partial charge is 0.338 e. The molecule has 9 nitrogen and oxygen atoms in total. The molecule has 1 aliphatic heterocycles. The van der Waals surface area contributed by atoms with E-state index in [-0.39, 0.29) is 24.8 Å². The number of rotatable bonds is 10. The van der Waals surface area contributed by atoms with E-state index in [1.54, 1.807) is 67.6 Å². The average Bonchev–Trinajstić information content (AvgIpc) is 2.95. The van der Waals surface area contributed by atoms with E-state index >= 15 is 0 Å². The van der Waals surface area contributed by atoms with E-state index in [2.05, 4.69) is 5.32 Å². The minimum absolute atomic E-state index is 0.0209. The molecule has 1 aliphatic rings. The summed E-state index contributed by atoms with van der Waals surface area (Å²) in [5.74, 6) is 0.379. The zero-order valence-corrected chi connectivity index (χ0v) is 23.4. The molecule has 1 N–H and O–H groups in total. The monoisotopic (exact) mass is 561 g/mol. The Hall–Kier alpha value is -4.31. The van der Waals surface area contributed by atoms with Crippen molar-refractivity contribution in [3.05, 3.63) is 78.4 Å². The number of amides is 2. The average molecular weight is 562 g/mol. The molecule has 1 unspecified atom stereocenters. The summed E-state index contributed by atoms with van der Waals surface area (Å²) in [6, 6.07) is 20.8. The number of aliphatic imine (C=N–C) groups is 1. The molecule has 1 atom stereocenters. The summed E-state index contributed by atoms with van der Waals surface area (Å²) in [5.41, 5.74) is 2.13. The molecular formula is C30H31N3O6S. The number of nitrogens with zero attached hydrogens (tertiary/aromatic N) is 2. The van der Waals surface area contributed by atoms with Crippen molar-refractivity contribution in [2.45, 2.75) is 32.4 Å². The maximum absolute atomic E-state index is 13.4. The zero-order valence-electron chi connectivity index (χ0n) is 22.6. The van der Waals surface area contributed by atoms with Crippen LogP contribution in [-0.4, -0.2) is 48.0 Å². The first-order valence-electron chi connectivity index (χ1n) is 13.0. The number of nitrogens with one attached hydrogen (secondary N) is 1. The van der Waals surface area contributed by atoms with Crippen molar-refractivity contribution in [3.8, 4) is 11.5 Å². The summed E-state index contributed by atoms with van der Waals surface area (Å²) in [7, 11) is 0. The van der Waals surface area contributed by atoms with E-state index in [0.29, 0.717) is 52.5 Å². The summed E-state index contributed by atoms with van der Waals surface area (Å²) in [6.45, 7) is 6.91. The Labute approximate surface area is 237 Å². The number of thioether (sulfide) groups is 1. The van der Waals surface area contributed by atoms with Gasteiger partial charge in [-0.3, -0.25) is 14.5 Å². The lowest BCUT2D eigenvalue weighted by molar-refractivity contribution is -0.121. The van der Waals surface area contributed by atoms with E-state index < -0.39 is 11.2 Å². The van der Waals surface area contributed by atoms with Crippen LogP contribution in [0.1, 0.15) is 37.6 Å². The van der Waals surface area contributed by atoms with Crippen LogP contribution in [0.2, 0.25) is 0 Å². The van der Waals surface area contributed by atoms with Gasteiger partial charge in [0.2, 0.25) is 11.8 Å². The highest BCUT2D eigenvalue weighted by molar-refractivity contribution is 8.15. The lowest BCUT2D eigenvalue weighted by atomic mass is 10.2. The molecule has 40 heavy (non-hydrogen) atoms. The number of ether oxygens (including phenoxy) is 3. The van der Waals surface area contributed by atoms with Crippen molar-refractivity contribution in [1.29, 1.82) is 0 Å². The van der Waals surface area contributed by atoms with Crippen molar-refractivity contribution in [2.24, 2.45) is 4.99 Å². The maximum atomic E-state index is 13.4. The molecular weight excluding hydrogens is 530 g/mol. The topological polar surface area (TPSA) is 107 Å². The van der Waals surface area contributed by atoms with Crippen LogP contribution in [-0.2, 0) is 14.3 Å². The van der Waals surface area contributed by atoms with Crippen molar-refractivity contribution in [2.75, 3.05) is 30.0 Å². The fourth-order valence-corrected chi connectivity index (χ4v) is 5.05. The summed E-state index contributed by atoms with van der Waals surface area (Å²) < 4.78 is 16.1. The summed E-state index contributed by atoms with van der Waals surface area (Å²) in [6.07, 6.45) is -0.0209. The second kappa shape index (κ2) is 13.7. The molecule has 0 bridgehead atoms. The maximum Gasteiger partial charge on any atom is 0.338 e. The summed E-state index contributed by atoms with van der Waals surface area (Å²) >= 11 is 1.21. The van der Waals surface area contributed by atoms with Gasteiger partial charge in [0.05, 0.1) is 36.8 Å². The molecule has 0 aromatic heterocycles. The Morgan fingerprint density at radius 3 is 2.05 bits per heavy atom. The molecule has 1 heterocycles. The number of hydrogen-bond donors (Lipinski definition) is 1. The molecule has 1 saturated heterocycles. The molecule has 4 rings (SSSR count). The third-order valence-corrected chi connectivity index (χ3v) is 6.93. The van der Waals surface area contributed by atoms with Crippen LogP contribution >= 0.6 is 11.8 Å². The Kier molecular flexibility index (Phi) is 9.80. The molecule has 0 radical (unpaired) electrons. The normalized spacial score (nSPS) is 16.0. The Morgan fingerprint density at radius 1 is 0.875 bits per heavy atom. The van der Waals surface area contributed by atoms with Crippen molar-refractivity contribution < 1.29 is 28.6 Å². The summed E-state index contributed by atoms with van der Waals surface area (Å²) in [4.78, 5) is 44.8. The number of carbonyl (C=O) groups excluding carboxylic acids is 3. The molecule has 1 fully saturated rings. The standard InChI is InChI=1S/C30H31N3O6S/c1-4-37-24-15-11-22(12-16-24)32-30-33(23-13-17-25(18-14-23)38-5-2)27(34)19-26(40-30)28(35)31-21-9-7-20(8-10-21)29(36)39-6-3/h7-18,26H,4-6,19H2,1-3H3,(H,31,35). The highest BCUT2D eigenvalue weighted by atomic mass is 32.2. The van der Waals surface area contributed by atoms with Gasteiger partial charge in [0, 0.05) is 12.1 Å². The van der Waals surface area contributed by atoms with Crippen LogP contribution < -0.4 is 19.7 Å². The van der Waals surface area contributed by atoms with E-state index in [4.69, 9.17) is 19.2 Å². The van der Waals surface area contributed by atoms with Gasteiger partial charge >= 0.3 is 5.97 Å². The fourth-order valence-electron chi connectivity index (χ4n) is 3.93. The number of benzene rings is 3. The Morgan fingerprint density at radius 2 is 1.48 bits per heavy atom. The van der Waals surface area contributed by atoms with Crippen LogP contribution in [0.5, 0.6) is 11.5 Å². The van der Waals surface area contributed by atoms with Crippen LogP contribution in [0.25, 0.3) is 0 Å². The summed E-state index contributed by atoms with van der Waals surface area (Å²) in [5, 5.41) is 2.51. The van der Waals surface area contributed by atoms with Gasteiger partial charge in [0.1, 0.15) is 16.7 Å². The predicted octanol–water partition coefficient (Wildman–Crippen LogP) is 5.83. The highest BCUT2D eigenvalue weighted by Gasteiger charge is 2.37. The van der Waals surface area contributed by atoms with Gasteiger partial charge in [-0.15, -0.1) is 0 Å². The largest absolute Gasteiger partial charge is 0.494 e. The molecule has 3 aromatic carbocycles. The van der Waals surface area contributed by atoms with Crippen LogP contribution in [0.3, 0.4) is 0 Å². The molecule has 2 amide bonds. The highest BCUT2D eigenvalue weighted by Crippen LogP contribution is 2.34. The third kappa shape index (κ3) is 7.20. The molecule has 0 spiro atoms. The molecule has 208 valence electrons. The number of amidine groups is 1. The Bertz CT molecular complexity index is 1360. The first kappa shape index (κ1) is 28.7. The SMILES string of the molecule is CCOC(=O)c1ccc(NC(=O)C2CC(=O)N(c3ccc(OCC)cc3)C(=Nc3ccc(OCC)cc3)S2)cc1. The third-order valence-electron chi connectivity index (χ3n) is 5.78. The molecule has 0 saturated carbocycles. The number of esters is 1. The van der Waals surface area contributed by atoms with E-state index in [1.807, 2.05) is 26.0 Å². The van der Waals surface area contributed by atoms with Crippen LogP contribution in [0.15, 0.2) is 77.8 Å². The molecule has 3 aromatic rings. The predicted molar refractivity (Wildman–Crippen MR) is 157 cm³/mol. The van der Waals surface area contributed by atoms with Gasteiger partial charge in [0.15, 0.2) is 5.17 Å². The van der Waals surface area contributed by atoms with Gasteiger partial charge in [-0.2, -0.15) is 0 Å². The second-order valence-electron chi connectivity index (χ2n) is 8.58. The van der Waals surface area contributed by atoms with Crippen molar-refractivity contribution >= 4 is 51.8 Å². The van der Waals surface area contributed by atoms with E-state index in [9.17, 15) is 14.4 Å². The minimum Gasteiger partial charge on any atom is -0.494 e. The van der Waals surface area contributed by atoms with Gasteiger partial charge in [-0.1, -0.05) is 11.8 Å². The van der Waals surface area contributed by atoms with Gasteiger partial charge in [-0.25, -0.2) is 9.79 Å². The van der Waals surface area contributed by atoms with E-state index in [1.165, 1.54) is 16.7 Å². The molecule has 10 heteroatoms.